The van der Waals surface area contributed by atoms with E-state index in [0.29, 0.717) is 30.1 Å². The number of benzene rings is 2. The fraction of sp³-hybridized carbons (Fsp3) is 0.273. The molecule has 0 unspecified atom stereocenters. The molecule has 1 aromatic heterocycles. The molecule has 0 aliphatic carbocycles. The highest BCUT2D eigenvalue weighted by atomic mass is 31.2. The average Bonchev–Trinajstić information content (AvgIpc) is 2.73. The lowest BCUT2D eigenvalue weighted by Gasteiger charge is -2.15. The highest BCUT2D eigenvalue weighted by Gasteiger charge is 2.30. The van der Waals surface area contributed by atoms with Gasteiger partial charge in [0, 0.05) is 42.0 Å². The number of halogens is 3. The minimum atomic E-state index is -4.35. The van der Waals surface area contributed by atoms with Gasteiger partial charge in [-0.25, -0.2) is 0 Å². The monoisotopic (exact) mass is 418 g/mol. The van der Waals surface area contributed by atoms with E-state index in [1.54, 1.807) is 12.4 Å². The molecule has 0 N–H and O–H groups in total. The summed E-state index contributed by atoms with van der Waals surface area (Å²) in [6.07, 6.45) is 0.405. The third kappa shape index (κ3) is 4.76. The van der Waals surface area contributed by atoms with E-state index >= 15 is 0 Å². The van der Waals surface area contributed by atoms with Crippen LogP contribution in [0.4, 0.5) is 13.2 Å². The summed E-state index contributed by atoms with van der Waals surface area (Å²) < 4.78 is 51.2. The summed E-state index contributed by atoms with van der Waals surface area (Å²) in [7, 11) is -2.36. The van der Waals surface area contributed by atoms with Crippen molar-refractivity contribution in [2.75, 3.05) is 12.3 Å². The lowest BCUT2D eigenvalue weighted by atomic mass is 10.0. The molecule has 3 aromatic rings. The average molecular weight is 418 g/mol. The van der Waals surface area contributed by atoms with Crippen molar-refractivity contribution in [3.8, 4) is 11.3 Å². The molecule has 0 fully saturated rings. The summed E-state index contributed by atoms with van der Waals surface area (Å²) in [5, 5.41) is 0.847. The second-order valence-electron chi connectivity index (χ2n) is 6.79. The second-order valence-corrected chi connectivity index (χ2v) is 10.4. The van der Waals surface area contributed by atoms with Crippen molar-refractivity contribution >= 4 is 12.4 Å². The minimum Gasteiger partial charge on any atom is -0.319 e. The largest absolute Gasteiger partial charge is 0.416 e. The SMILES string of the molecule is CCP(=O)(CC)c1ccc(-c2nccnc2Cc2ccc(C(F)(F)F)cc2)cc1. The number of alkyl halides is 3. The summed E-state index contributed by atoms with van der Waals surface area (Å²) in [5.41, 5.74) is 2.23. The molecule has 0 aliphatic heterocycles. The van der Waals surface area contributed by atoms with Crippen LogP contribution < -0.4 is 5.30 Å². The second kappa shape index (κ2) is 8.50. The Hall–Kier alpha value is -2.46. The molecule has 2 aromatic carbocycles. The first kappa shape index (κ1) is 21.3. The standard InChI is InChI=1S/C22H22F3N2OP/c1-3-29(28,4-2)19-11-7-17(8-12-19)21-20(26-13-14-27-21)15-16-5-9-18(10-6-16)22(23,24)25/h5-14H,3-4,15H2,1-2H3. The molecule has 0 bridgehead atoms. The molecular formula is C22H22F3N2OP. The molecule has 0 aliphatic rings. The molecule has 3 nitrogen and oxygen atoms in total. The smallest absolute Gasteiger partial charge is 0.319 e. The Morgan fingerprint density at radius 3 is 2.00 bits per heavy atom. The number of hydrogen-bond acceptors (Lipinski definition) is 3. The topological polar surface area (TPSA) is 42.9 Å². The van der Waals surface area contributed by atoms with Gasteiger partial charge in [-0.05, 0) is 17.7 Å². The van der Waals surface area contributed by atoms with Crippen LogP contribution in [0.15, 0.2) is 60.9 Å². The van der Waals surface area contributed by atoms with E-state index < -0.39 is 18.9 Å². The van der Waals surface area contributed by atoms with Gasteiger partial charge in [0.05, 0.1) is 17.0 Å². The van der Waals surface area contributed by atoms with E-state index in [1.165, 1.54) is 12.1 Å². The maximum absolute atomic E-state index is 12.9. The summed E-state index contributed by atoms with van der Waals surface area (Å²) in [6, 6.07) is 12.6. The molecule has 0 saturated carbocycles. The van der Waals surface area contributed by atoms with Crippen LogP contribution in [0.1, 0.15) is 30.7 Å². The van der Waals surface area contributed by atoms with E-state index in [-0.39, 0.29) is 0 Å². The Morgan fingerprint density at radius 2 is 1.45 bits per heavy atom. The summed E-state index contributed by atoms with van der Waals surface area (Å²) >= 11 is 0. The van der Waals surface area contributed by atoms with Crippen LogP contribution >= 0.6 is 7.14 Å². The molecule has 1 heterocycles. The number of aromatic nitrogens is 2. The molecule has 7 heteroatoms. The van der Waals surface area contributed by atoms with Crippen LogP contribution in [0.5, 0.6) is 0 Å². The first-order valence-corrected chi connectivity index (χ1v) is 11.5. The number of hydrogen-bond donors (Lipinski definition) is 0. The van der Waals surface area contributed by atoms with Gasteiger partial charge >= 0.3 is 6.18 Å². The predicted molar refractivity (Wildman–Crippen MR) is 110 cm³/mol. The van der Waals surface area contributed by atoms with Crippen molar-refractivity contribution < 1.29 is 17.7 Å². The van der Waals surface area contributed by atoms with Crippen LogP contribution in [0, 0.1) is 0 Å². The maximum atomic E-state index is 12.9. The molecule has 152 valence electrons. The van der Waals surface area contributed by atoms with Gasteiger partial charge in [-0.3, -0.25) is 9.97 Å². The normalized spacial score (nSPS) is 12.2. The van der Waals surface area contributed by atoms with Crippen molar-refractivity contribution in [2.24, 2.45) is 0 Å². The lowest BCUT2D eigenvalue weighted by Crippen LogP contribution is -2.08. The molecule has 0 radical (unpaired) electrons. The van der Waals surface area contributed by atoms with Gasteiger partial charge < -0.3 is 4.57 Å². The number of nitrogens with zero attached hydrogens (tertiary/aromatic N) is 2. The highest BCUT2D eigenvalue weighted by Crippen LogP contribution is 2.43. The fourth-order valence-corrected chi connectivity index (χ4v) is 5.09. The zero-order valence-electron chi connectivity index (χ0n) is 16.3. The molecule has 3 rings (SSSR count). The van der Waals surface area contributed by atoms with Gasteiger partial charge in [0.15, 0.2) is 0 Å². The lowest BCUT2D eigenvalue weighted by molar-refractivity contribution is -0.137. The van der Waals surface area contributed by atoms with Crippen molar-refractivity contribution in [3.63, 3.8) is 0 Å². The van der Waals surface area contributed by atoms with Crippen molar-refractivity contribution in [2.45, 2.75) is 26.4 Å². The van der Waals surface area contributed by atoms with Crippen molar-refractivity contribution in [1.29, 1.82) is 0 Å². The Balaban J connectivity index is 1.89. The Morgan fingerprint density at radius 1 is 0.862 bits per heavy atom. The number of rotatable bonds is 6. The molecule has 0 spiro atoms. The van der Waals surface area contributed by atoms with Gasteiger partial charge in [-0.1, -0.05) is 50.2 Å². The summed E-state index contributed by atoms with van der Waals surface area (Å²) in [6.45, 7) is 3.87. The highest BCUT2D eigenvalue weighted by molar-refractivity contribution is 7.71. The van der Waals surface area contributed by atoms with Crippen LogP contribution in [0.2, 0.25) is 0 Å². The van der Waals surface area contributed by atoms with Gasteiger partial charge in [0.2, 0.25) is 0 Å². The quantitative estimate of drug-likeness (QED) is 0.477. The zero-order valence-corrected chi connectivity index (χ0v) is 17.2. The molecule has 0 amide bonds. The van der Waals surface area contributed by atoms with Crippen LogP contribution in [0.25, 0.3) is 11.3 Å². The third-order valence-corrected chi connectivity index (χ3v) is 8.34. The Bertz CT molecular complexity index is 1010. The van der Waals surface area contributed by atoms with Crippen LogP contribution in [0.3, 0.4) is 0 Å². The zero-order chi connectivity index (χ0) is 21.1. The Kier molecular flexibility index (Phi) is 6.23. The Labute approximate surface area is 168 Å². The molecule has 0 atom stereocenters. The van der Waals surface area contributed by atoms with Gasteiger partial charge in [-0.15, -0.1) is 0 Å². The van der Waals surface area contributed by atoms with Gasteiger partial charge in [-0.2, -0.15) is 13.2 Å². The van der Waals surface area contributed by atoms with Gasteiger partial charge in [0.25, 0.3) is 0 Å². The van der Waals surface area contributed by atoms with E-state index in [0.717, 1.165) is 28.6 Å². The summed E-state index contributed by atoms with van der Waals surface area (Å²) in [5.74, 6) is 0. The van der Waals surface area contributed by atoms with Crippen molar-refractivity contribution in [3.05, 3.63) is 77.7 Å². The maximum Gasteiger partial charge on any atom is 0.416 e. The molecule has 0 saturated heterocycles. The predicted octanol–water partition coefficient (Wildman–Crippen LogP) is 5.78. The third-order valence-electron chi connectivity index (χ3n) is 5.06. The fourth-order valence-electron chi connectivity index (χ4n) is 3.22. The van der Waals surface area contributed by atoms with Gasteiger partial charge in [0.1, 0.15) is 7.14 Å². The first-order chi connectivity index (χ1) is 13.8. The van der Waals surface area contributed by atoms with E-state index in [1.807, 2.05) is 38.1 Å². The van der Waals surface area contributed by atoms with E-state index in [9.17, 15) is 17.7 Å². The van der Waals surface area contributed by atoms with E-state index in [4.69, 9.17) is 0 Å². The first-order valence-electron chi connectivity index (χ1n) is 9.42. The minimum absolute atomic E-state index is 0.367. The van der Waals surface area contributed by atoms with E-state index in [2.05, 4.69) is 9.97 Å². The molecular weight excluding hydrogens is 396 g/mol. The summed E-state index contributed by atoms with van der Waals surface area (Å²) in [4.78, 5) is 8.81. The van der Waals surface area contributed by atoms with Crippen LogP contribution in [-0.4, -0.2) is 22.3 Å². The van der Waals surface area contributed by atoms with Crippen LogP contribution in [-0.2, 0) is 17.2 Å². The molecule has 29 heavy (non-hydrogen) atoms. The van der Waals surface area contributed by atoms with Crippen molar-refractivity contribution in [1.82, 2.24) is 9.97 Å².